The van der Waals surface area contributed by atoms with Crippen LogP contribution in [-0.4, -0.2) is 10.7 Å². The van der Waals surface area contributed by atoms with Gasteiger partial charge in [0.2, 0.25) is 0 Å². The zero-order valence-electron chi connectivity index (χ0n) is 10.7. The maximum Gasteiger partial charge on any atom is 0.0603 e. The van der Waals surface area contributed by atoms with Gasteiger partial charge in [0.15, 0.2) is 0 Å². The third kappa shape index (κ3) is 4.41. The summed E-state index contributed by atoms with van der Waals surface area (Å²) in [7, 11) is 0. The molecule has 0 aliphatic heterocycles. The van der Waals surface area contributed by atoms with E-state index in [-0.39, 0.29) is 0 Å². The molecule has 1 aromatic heterocycles. The highest BCUT2D eigenvalue weighted by atomic mass is 35.5. The average molecular weight is 312 g/mol. The molecule has 0 aliphatic rings. The smallest absolute Gasteiger partial charge is 0.0603 e. The van der Waals surface area contributed by atoms with E-state index in [0.29, 0.717) is 10.0 Å². The van der Waals surface area contributed by atoms with Crippen molar-refractivity contribution in [2.45, 2.75) is 24.7 Å². The number of thioether (sulfide) groups is 1. The lowest BCUT2D eigenvalue weighted by atomic mass is 10.2. The van der Waals surface area contributed by atoms with Crippen LogP contribution in [0.15, 0.2) is 41.4 Å². The molecule has 0 spiro atoms. The molecule has 1 heterocycles. The first-order valence-corrected chi connectivity index (χ1v) is 7.95. The van der Waals surface area contributed by atoms with Crippen LogP contribution in [0.4, 0.5) is 0 Å². The minimum Gasteiger partial charge on any atom is -0.261 e. The highest BCUT2D eigenvalue weighted by Gasteiger charge is 2.01. The van der Waals surface area contributed by atoms with Crippen LogP contribution in [0.25, 0.3) is 0 Å². The van der Waals surface area contributed by atoms with Crippen molar-refractivity contribution in [2.75, 3.05) is 5.75 Å². The van der Waals surface area contributed by atoms with E-state index in [4.69, 9.17) is 23.2 Å². The van der Waals surface area contributed by atoms with Gasteiger partial charge in [0.1, 0.15) is 0 Å². The lowest BCUT2D eigenvalue weighted by Crippen LogP contribution is -1.92. The maximum atomic E-state index is 5.99. The van der Waals surface area contributed by atoms with Crippen LogP contribution in [0.1, 0.15) is 18.2 Å². The van der Waals surface area contributed by atoms with E-state index in [1.54, 1.807) is 11.8 Å². The summed E-state index contributed by atoms with van der Waals surface area (Å²) in [6.07, 6.45) is 3.95. The summed E-state index contributed by atoms with van der Waals surface area (Å²) in [5.74, 6) is 1.01. The Morgan fingerprint density at radius 2 is 1.95 bits per heavy atom. The van der Waals surface area contributed by atoms with Crippen molar-refractivity contribution in [3.8, 4) is 0 Å². The van der Waals surface area contributed by atoms with Gasteiger partial charge in [-0.15, -0.1) is 11.8 Å². The molecule has 0 saturated heterocycles. The van der Waals surface area contributed by atoms with Crippen LogP contribution < -0.4 is 0 Å². The molecule has 100 valence electrons. The monoisotopic (exact) mass is 311 g/mol. The third-order valence-electron chi connectivity index (χ3n) is 2.80. The van der Waals surface area contributed by atoms with Gasteiger partial charge < -0.3 is 0 Å². The minimum absolute atomic E-state index is 0.602. The molecule has 2 rings (SSSR count). The Morgan fingerprint density at radius 1 is 1.11 bits per heavy atom. The van der Waals surface area contributed by atoms with Gasteiger partial charge in [-0.2, -0.15) is 0 Å². The van der Waals surface area contributed by atoms with E-state index < -0.39 is 0 Å². The number of benzene rings is 1. The maximum absolute atomic E-state index is 5.99. The molecule has 0 saturated carbocycles. The topological polar surface area (TPSA) is 12.9 Å². The quantitative estimate of drug-likeness (QED) is 0.696. The van der Waals surface area contributed by atoms with E-state index in [2.05, 4.69) is 24.0 Å². The van der Waals surface area contributed by atoms with Crippen molar-refractivity contribution in [3.63, 3.8) is 0 Å². The largest absolute Gasteiger partial charge is 0.261 e. The predicted octanol–water partition coefficient (Wildman–Crippen LogP) is 5.29. The van der Waals surface area contributed by atoms with Gasteiger partial charge in [-0.05, 0) is 42.7 Å². The summed E-state index contributed by atoms with van der Waals surface area (Å²) in [4.78, 5) is 5.55. The molecule has 0 amide bonds. The molecule has 1 nitrogen and oxygen atoms in total. The molecule has 0 atom stereocenters. The number of nitrogens with zero attached hydrogens (tertiary/aromatic N) is 1. The molecular weight excluding hydrogens is 297 g/mol. The van der Waals surface area contributed by atoms with E-state index in [9.17, 15) is 0 Å². The fourth-order valence-electron chi connectivity index (χ4n) is 1.67. The van der Waals surface area contributed by atoms with E-state index in [0.717, 1.165) is 29.2 Å². The van der Waals surface area contributed by atoms with Crippen LogP contribution in [0.2, 0.25) is 10.0 Å². The zero-order valence-corrected chi connectivity index (χ0v) is 13.0. The van der Waals surface area contributed by atoms with Gasteiger partial charge >= 0.3 is 0 Å². The number of rotatable bonds is 5. The molecule has 4 heteroatoms. The zero-order chi connectivity index (χ0) is 13.7. The van der Waals surface area contributed by atoms with Gasteiger partial charge in [0.25, 0.3) is 0 Å². The van der Waals surface area contributed by atoms with Crippen molar-refractivity contribution < 1.29 is 0 Å². The molecule has 2 aromatic rings. The molecule has 19 heavy (non-hydrogen) atoms. The molecule has 0 aliphatic carbocycles. The molecule has 1 aromatic carbocycles. The Labute approximate surface area is 128 Å². The second-order valence-corrected chi connectivity index (χ2v) is 6.17. The SMILES string of the molecule is CCc1ccc(CCSc2ccc(Cl)c(Cl)c2)cn1. The summed E-state index contributed by atoms with van der Waals surface area (Å²) in [5.41, 5.74) is 2.41. The summed E-state index contributed by atoms with van der Waals surface area (Å²) < 4.78 is 0. The van der Waals surface area contributed by atoms with E-state index >= 15 is 0 Å². The fraction of sp³-hybridized carbons (Fsp3) is 0.267. The van der Waals surface area contributed by atoms with Crippen LogP contribution in [-0.2, 0) is 12.8 Å². The Morgan fingerprint density at radius 3 is 2.58 bits per heavy atom. The van der Waals surface area contributed by atoms with Gasteiger partial charge in [0, 0.05) is 22.5 Å². The number of halogens is 2. The molecule has 0 unspecified atom stereocenters. The van der Waals surface area contributed by atoms with Crippen molar-refractivity contribution in [1.29, 1.82) is 0 Å². The third-order valence-corrected chi connectivity index (χ3v) is 4.53. The molecule has 0 fully saturated rings. The highest BCUT2D eigenvalue weighted by Crippen LogP contribution is 2.28. The number of hydrogen-bond donors (Lipinski definition) is 0. The summed E-state index contributed by atoms with van der Waals surface area (Å²) >= 11 is 13.7. The first kappa shape index (κ1) is 14.7. The Kier molecular flexibility index (Phi) is 5.56. The van der Waals surface area contributed by atoms with Crippen molar-refractivity contribution >= 4 is 35.0 Å². The molecule has 0 bridgehead atoms. The first-order chi connectivity index (χ1) is 9.19. The van der Waals surface area contributed by atoms with Crippen LogP contribution in [0, 0.1) is 0 Å². The summed E-state index contributed by atoms with van der Waals surface area (Å²) in [5, 5.41) is 1.21. The lowest BCUT2D eigenvalue weighted by Gasteiger charge is -2.04. The van der Waals surface area contributed by atoms with E-state index in [1.807, 2.05) is 24.4 Å². The molecule has 0 radical (unpaired) electrons. The predicted molar refractivity (Wildman–Crippen MR) is 84.5 cm³/mol. The second kappa shape index (κ2) is 7.18. The summed E-state index contributed by atoms with van der Waals surface area (Å²) in [6, 6.07) is 9.99. The average Bonchev–Trinajstić information content (AvgIpc) is 2.43. The van der Waals surface area contributed by atoms with Crippen molar-refractivity contribution in [2.24, 2.45) is 0 Å². The van der Waals surface area contributed by atoms with E-state index in [1.165, 1.54) is 5.56 Å². The fourth-order valence-corrected chi connectivity index (χ4v) is 2.97. The van der Waals surface area contributed by atoms with Crippen molar-refractivity contribution in [3.05, 3.63) is 57.8 Å². The van der Waals surface area contributed by atoms with Gasteiger partial charge in [0.05, 0.1) is 10.0 Å². The Balaban J connectivity index is 1.86. The Hall–Kier alpha value is -0.700. The number of hydrogen-bond acceptors (Lipinski definition) is 2. The first-order valence-electron chi connectivity index (χ1n) is 6.20. The van der Waals surface area contributed by atoms with Gasteiger partial charge in [-0.1, -0.05) is 36.2 Å². The van der Waals surface area contributed by atoms with Gasteiger partial charge in [-0.3, -0.25) is 4.98 Å². The highest BCUT2D eigenvalue weighted by molar-refractivity contribution is 7.99. The standard InChI is InChI=1S/C15H15Cl2NS/c1-2-12-4-3-11(10-18-12)7-8-19-13-5-6-14(16)15(17)9-13/h3-6,9-10H,2,7-8H2,1H3. The summed E-state index contributed by atoms with van der Waals surface area (Å²) in [6.45, 7) is 2.11. The molecular formula is C15H15Cl2NS. The second-order valence-electron chi connectivity index (χ2n) is 4.19. The number of pyridine rings is 1. The lowest BCUT2D eigenvalue weighted by molar-refractivity contribution is 1.01. The number of aromatic nitrogens is 1. The van der Waals surface area contributed by atoms with Crippen molar-refractivity contribution in [1.82, 2.24) is 4.98 Å². The molecule has 0 N–H and O–H groups in total. The van der Waals surface area contributed by atoms with Gasteiger partial charge in [-0.25, -0.2) is 0 Å². The van der Waals surface area contributed by atoms with Crippen LogP contribution in [0.3, 0.4) is 0 Å². The number of aryl methyl sites for hydroxylation is 2. The van der Waals surface area contributed by atoms with Crippen LogP contribution >= 0.6 is 35.0 Å². The Bertz CT molecular complexity index is 540. The minimum atomic E-state index is 0.602. The van der Waals surface area contributed by atoms with Crippen LogP contribution in [0.5, 0.6) is 0 Å². The normalized spacial score (nSPS) is 10.7.